The number of aliphatic hydroxyl groups excluding tert-OH is 1. The van der Waals surface area contributed by atoms with Crippen LogP contribution in [0.3, 0.4) is 0 Å². The Hall–Kier alpha value is -0.940. The molecule has 1 rings (SSSR count). The van der Waals surface area contributed by atoms with E-state index in [-0.39, 0.29) is 0 Å². The number of thiazole rings is 1. The monoisotopic (exact) mass is 229 g/mol. The van der Waals surface area contributed by atoms with Gasteiger partial charge >= 0.3 is 5.97 Å². The topological polar surface area (TPSA) is 59.4 Å². The SMILES string of the molecule is COC(=O)C(O)C(C)(C)c1scnc1C. The molecule has 1 aromatic heterocycles. The van der Waals surface area contributed by atoms with Crippen LogP contribution in [0.15, 0.2) is 5.51 Å². The summed E-state index contributed by atoms with van der Waals surface area (Å²) in [6.45, 7) is 5.46. The average Bonchev–Trinajstić information content (AvgIpc) is 2.62. The van der Waals surface area contributed by atoms with Gasteiger partial charge in [-0.2, -0.15) is 0 Å². The summed E-state index contributed by atoms with van der Waals surface area (Å²) in [5.74, 6) is -0.618. The van der Waals surface area contributed by atoms with Gasteiger partial charge in [0.1, 0.15) is 0 Å². The van der Waals surface area contributed by atoms with Gasteiger partial charge in [-0.05, 0) is 6.92 Å². The molecule has 1 aromatic rings. The number of hydrogen-bond donors (Lipinski definition) is 1. The van der Waals surface area contributed by atoms with E-state index in [0.29, 0.717) is 0 Å². The van der Waals surface area contributed by atoms with Crippen molar-refractivity contribution < 1.29 is 14.6 Å². The van der Waals surface area contributed by atoms with E-state index < -0.39 is 17.5 Å². The first-order chi connectivity index (χ1) is 6.91. The first kappa shape index (κ1) is 12.1. The highest BCUT2D eigenvalue weighted by molar-refractivity contribution is 7.09. The molecule has 1 heterocycles. The second-order valence-corrected chi connectivity index (χ2v) is 4.77. The number of carbonyl (C=O) groups excluding carboxylic acids is 1. The minimum atomic E-state index is -1.17. The lowest BCUT2D eigenvalue weighted by Gasteiger charge is -2.27. The Morgan fingerprint density at radius 2 is 2.27 bits per heavy atom. The van der Waals surface area contributed by atoms with Crippen LogP contribution in [0.1, 0.15) is 24.4 Å². The molecule has 0 saturated carbocycles. The van der Waals surface area contributed by atoms with Crippen molar-refractivity contribution in [2.75, 3.05) is 7.11 Å². The van der Waals surface area contributed by atoms with E-state index in [0.717, 1.165) is 10.6 Å². The number of aryl methyl sites for hydroxylation is 1. The van der Waals surface area contributed by atoms with Crippen molar-refractivity contribution in [1.82, 2.24) is 4.98 Å². The van der Waals surface area contributed by atoms with Gasteiger partial charge in [0.25, 0.3) is 0 Å². The third kappa shape index (κ3) is 2.18. The molecule has 4 nitrogen and oxygen atoms in total. The van der Waals surface area contributed by atoms with Gasteiger partial charge in [-0.15, -0.1) is 11.3 Å². The summed E-state index contributed by atoms with van der Waals surface area (Å²) in [6, 6.07) is 0. The number of carbonyl (C=O) groups is 1. The number of rotatable bonds is 3. The number of nitrogens with zero attached hydrogens (tertiary/aromatic N) is 1. The van der Waals surface area contributed by atoms with Gasteiger partial charge in [0.15, 0.2) is 6.10 Å². The van der Waals surface area contributed by atoms with Crippen molar-refractivity contribution in [2.45, 2.75) is 32.3 Å². The van der Waals surface area contributed by atoms with Crippen molar-refractivity contribution in [2.24, 2.45) is 0 Å². The average molecular weight is 229 g/mol. The van der Waals surface area contributed by atoms with E-state index in [1.54, 1.807) is 19.4 Å². The minimum absolute atomic E-state index is 0.618. The number of esters is 1. The number of ether oxygens (including phenoxy) is 1. The minimum Gasteiger partial charge on any atom is -0.467 e. The second kappa shape index (κ2) is 4.28. The summed E-state index contributed by atoms with van der Waals surface area (Å²) in [5.41, 5.74) is 1.88. The standard InChI is InChI=1S/C10H15NO3S/c1-6-8(15-5-11-6)10(2,3)7(12)9(13)14-4/h5,7,12H,1-4H3. The van der Waals surface area contributed by atoms with E-state index in [1.807, 2.05) is 6.92 Å². The molecule has 0 aliphatic rings. The lowest BCUT2D eigenvalue weighted by atomic mass is 9.84. The quantitative estimate of drug-likeness (QED) is 0.793. The van der Waals surface area contributed by atoms with Crippen LogP contribution in [0, 0.1) is 6.92 Å². The third-order valence-corrected chi connectivity index (χ3v) is 3.71. The van der Waals surface area contributed by atoms with Crippen LogP contribution in [0.4, 0.5) is 0 Å². The fourth-order valence-corrected chi connectivity index (χ4v) is 2.41. The smallest absolute Gasteiger partial charge is 0.335 e. The summed E-state index contributed by atoms with van der Waals surface area (Å²) in [5, 5.41) is 9.85. The number of aromatic nitrogens is 1. The van der Waals surface area contributed by atoms with Crippen LogP contribution in [-0.4, -0.2) is 29.3 Å². The Kier molecular flexibility index (Phi) is 3.46. The summed E-state index contributed by atoms with van der Waals surface area (Å²) in [4.78, 5) is 16.3. The zero-order valence-electron chi connectivity index (χ0n) is 9.27. The Bertz CT molecular complexity index is 359. The highest BCUT2D eigenvalue weighted by Crippen LogP contribution is 2.33. The largest absolute Gasteiger partial charge is 0.467 e. The van der Waals surface area contributed by atoms with Crippen LogP contribution >= 0.6 is 11.3 Å². The zero-order valence-corrected chi connectivity index (χ0v) is 10.1. The Morgan fingerprint density at radius 1 is 1.67 bits per heavy atom. The van der Waals surface area contributed by atoms with E-state index in [9.17, 15) is 9.90 Å². The van der Waals surface area contributed by atoms with E-state index in [2.05, 4.69) is 9.72 Å². The first-order valence-corrected chi connectivity index (χ1v) is 5.45. The van der Waals surface area contributed by atoms with E-state index in [4.69, 9.17) is 0 Å². The molecule has 0 radical (unpaired) electrons. The predicted molar refractivity (Wildman–Crippen MR) is 57.9 cm³/mol. The fourth-order valence-electron chi connectivity index (χ4n) is 1.45. The molecular weight excluding hydrogens is 214 g/mol. The number of aliphatic hydroxyl groups is 1. The van der Waals surface area contributed by atoms with Gasteiger partial charge < -0.3 is 9.84 Å². The van der Waals surface area contributed by atoms with Crippen molar-refractivity contribution in [3.05, 3.63) is 16.1 Å². The summed E-state index contributed by atoms with van der Waals surface area (Å²) in [6.07, 6.45) is -1.17. The van der Waals surface area contributed by atoms with Crippen LogP contribution in [0.25, 0.3) is 0 Å². The van der Waals surface area contributed by atoms with Crippen molar-refractivity contribution in [3.63, 3.8) is 0 Å². The molecule has 0 amide bonds. The molecule has 0 aliphatic carbocycles. The predicted octanol–water partition coefficient (Wildman–Crippen LogP) is 1.26. The fraction of sp³-hybridized carbons (Fsp3) is 0.600. The lowest BCUT2D eigenvalue weighted by Crippen LogP contribution is -2.40. The molecule has 0 bridgehead atoms. The summed E-state index contributed by atoms with van der Waals surface area (Å²) < 4.78 is 4.53. The van der Waals surface area contributed by atoms with Gasteiger partial charge in [-0.3, -0.25) is 0 Å². The van der Waals surface area contributed by atoms with Gasteiger partial charge in [0.05, 0.1) is 18.3 Å². The van der Waals surface area contributed by atoms with Crippen LogP contribution in [0.2, 0.25) is 0 Å². The van der Waals surface area contributed by atoms with Crippen molar-refractivity contribution >= 4 is 17.3 Å². The molecule has 1 atom stereocenters. The molecular formula is C10H15NO3S. The molecule has 0 saturated heterocycles. The van der Waals surface area contributed by atoms with Gasteiger partial charge in [-0.1, -0.05) is 13.8 Å². The van der Waals surface area contributed by atoms with E-state index >= 15 is 0 Å². The molecule has 1 N–H and O–H groups in total. The Morgan fingerprint density at radius 3 is 2.67 bits per heavy atom. The number of methoxy groups -OCH3 is 1. The third-order valence-electron chi connectivity index (χ3n) is 2.44. The van der Waals surface area contributed by atoms with Crippen molar-refractivity contribution in [3.8, 4) is 0 Å². The van der Waals surface area contributed by atoms with Gasteiger partial charge in [-0.25, -0.2) is 9.78 Å². The maximum atomic E-state index is 11.3. The molecule has 1 unspecified atom stereocenters. The Labute approximate surface area is 92.9 Å². The van der Waals surface area contributed by atoms with E-state index in [1.165, 1.54) is 18.4 Å². The zero-order chi connectivity index (χ0) is 11.6. The molecule has 5 heteroatoms. The maximum Gasteiger partial charge on any atom is 0.335 e. The molecule has 0 aromatic carbocycles. The number of hydrogen-bond acceptors (Lipinski definition) is 5. The summed E-state index contributed by atoms with van der Waals surface area (Å²) >= 11 is 1.43. The lowest BCUT2D eigenvalue weighted by molar-refractivity contribution is -0.153. The normalized spacial score (nSPS) is 13.7. The van der Waals surface area contributed by atoms with Crippen LogP contribution in [0.5, 0.6) is 0 Å². The highest BCUT2D eigenvalue weighted by atomic mass is 32.1. The molecule has 15 heavy (non-hydrogen) atoms. The van der Waals surface area contributed by atoms with Crippen LogP contribution < -0.4 is 0 Å². The first-order valence-electron chi connectivity index (χ1n) is 4.57. The van der Waals surface area contributed by atoms with Crippen molar-refractivity contribution in [1.29, 1.82) is 0 Å². The van der Waals surface area contributed by atoms with Gasteiger partial charge in [0.2, 0.25) is 0 Å². The molecule has 0 aliphatic heterocycles. The highest BCUT2D eigenvalue weighted by Gasteiger charge is 2.38. The Balaban J connectivity index is 3.02. The molecule has 0 fully saturated rings. The van der Waals surface area contributed by atoms with Crippen LogP contribution in [-0.2, 0) is 14.9 Å². The van der Waals surface area contributed by atoms with Gasteiger partial charge in [0, 0.05) is 10.3 Å². The maximum absolute atomic E-state index is 11.3. The molecule has 84 valence electrons. The summed E-state index contributed by atoms with van der Waals surface area (Å²) in [7, 11) is 1.27. The second-order valence-electron chi connectivity index (χ2n) is 3.91. The molecule has 0 spiro atoms.